The van der Waals surface area contributed by atoms with Gasteiger partial charge in [0.15, 0.2) is 5.78 Å². The molecule has 0 heterocycles. The van der Waals surface area contributed by atoms with Gasteiger partial charge in [-0.05, 0) is 35.6 Å². The lowest BCUT2D eigenvalue weighted by Crippen LogP contribution is -2.01. The molecule has 0 fully saturated rings. The topological polar surface area (TPSA) is 60.2 Å². The van der Waals surface area contributed by atoms with Gasteiger partial charge in [-0.2, -0.15) is 0 Å². The maximum atomic E-state index is 11.1. The number of hydrogen-bond acceptors (Lipinski definition) is 3. The molecule has 0 aromatic heterocycles. The van der Waals surface area contributed by atoms with E-state index in [2.05, 4.69) is 0 Å². The Balaban J connectivity index is 3.52. The monoisotopic (exact) mass is 325 g/mol. The average Bonchev–Trinajstić information content (AvgIpc) is 2.01. The molecular formula is C8H5ClINO3. The van der Waals surface area contributed by atoms with Gasteiger partial charge >= 0.3 is 0 Å². The van der Waals surface area contributed by atoms with Crippen molar-refractivity contribution in [3.63, 3.8) is 0 Å². The summed E-state index contributed by atoms with van der Waals surface area (Å²) in [6, 6.07) is 2.84. The lowest BCUT2D eigenvalue weighted by atomic mass is 10.1. The Bertz CT molecular complexity index is 419. The van der Waals surface area contributed by atoms with Gasteiger partial charge in [0.25, 0.3) is 5.69 Å². The van der Waals surface area contributed by atoms with Gasteiger partial charge in [0.05, 0.1) is 9.95 Å². The van der Waals surface area contributed by atoms with Crippen LogP contribution in [0.5, 0.6) is 0 Å². The van der Waals surface area contributed by atoms with Crippen LogP contribution in [0.2, 0.25) is 5.02 Å². The number of halogens is 2. The molecule has 0 aliphatic heterocycles. The highest BCUT2D eigenvalue weighted by atomic mass is 127. The summed E-state index contributed by atoms with van der Waals surface area (Å²) >= 11 is 7.65. The summed E-state index contributed by atoms with van der Waals surface area (Å²) in [7, 11) is 0. The second-order valence-corrected chi connectivity index (χ2v) is 4.25. The van der Waals surface area contributed by atoms with Crippen LogP contribution in [0.3, 0.4) is 0 Å². The van der Waals surface area contributed by atoms with E-state index >= 15 is 0 Å². The molecule has 1 rings (SSSR count). The first-order valence-electron chi connectivity index (χ1n) is 3.58. The van der Waals surface area contributed by atoms with Crippen molar-refractivity contribution in [2.45, 2.75) is 6.92 Å². The van der Waals surface area contributed by atoms with E-state index in [0.29, 0.717) is 3.57 Å². The molecule has 0 aliphatic carbocycles. The van der Waals surface area contributed by atoms with Gasteiger partial charge in [-0.15, -0.1) is 0 Å². The van der Waals surface area contributed by atoms with Gasteiger partial charge in [-0.25, -0.2) is 0 Å². The number of hydrogen-bond donors (Lipinski definition) is 0. The molecule has 0 spiro atoms. The van der Waals surface area contributed by atoms with Crippen LogP contribution in [0.1, 0.15) is 17.3 Å². The lowest BCUT2D eigenvalue weighted by molar-refractivity contribution is -0.385. The van der Waals surface area contributed by atoms with Crippen LogP contribution in [0.4, 0.5) is 5.69 Å². The fraction of sp³-hybridized carbons (Fsp3) is 0.125. The molecule has 0 unspecified atom stereocenters. The zero-order chi connectivity index (χ0) is 10.9. The van der Waals surface area contributed by atoms with Crippen LogP contribution >= 0.6 is 34.2 Å². The highest BCUT2D eigenvalue weighted by molar-refractivity contribution is 14.1. The molecule has 6 heteroatoms. The molecule has 0 aliphatic rings. The second kappa shape index (κ2) is 4.22. The van der Waals surface area contributed by atoms with Crippen LogP contribution in [0.15, 0.2) is 12.1 Å². The Labute approximate surface area is 98.5 Å². The molecule has 4 nitrogen and oxygen atoms in total. The Morgan fingerprint density at radius 3 is 2.57 bits per heavy atom. The van der Waals surface area contributed by atoms with Gasteiger partial charge in [0.2, 0.25) is 0 Å². The largest absolute Gasteiger partial charge is 0.294 e. The zero-order valence-electron chi connectivity index (χ0n) is 7.08. The number of carbonyl (C=O) groups is 1. The number of benzene rings is 1. The highest BCUT2D eigenvalue weighted by Gasteiger charge is 2.21. The van der Waals surface area contributed by atoms with Crippen LogP contribution in [0, 0.1) is 13.7 Å². The molecule has 0 N–H and O–H groups in total. The highest BCUT2D eigenvalue weighted by Crippen LogP contribution is 2.29. The third-order valence-electron chi connectivity index (χ3n) is 1.58. The maximum Gasteiger partial charge on any atom is 0.282 e. The van der Waals surface area contributed by atoms with Gasteiger partial charge in [0, 0.05) is 9.64 Å². The molecule has 0 saturated carbocycles. The fourth-order valence-electron chi connectivity index (χ4n) is 1.05. The number of nitrogens with zero attached hydrogens (tertiary/aromatic N) is 1. The third kappa shape index (κ3) is 2.21. The van der Waals surface area contributed by atoms with Gasteiger partial charge < -0.3 is 0 Å². The summed E-state index contributed by atoms with van der Waals surface area (Å²) in [4.78, 5) is 21.1. The van der Waals surface area contributed by atoms with Crippen LogP contribution < -0.4 is 0 Å². The van der Waals surface area contributed by atoms with E-state index in [1.165, 1.54) is 19.1 Å². The summed E-state index contributed by atoms with van der Waals surface area (Å²) < 4.78 is 0.629. The van der Waals surface area contributed by atoms with Crippen molar-refractivity contribution in [3.05, 3.63) is 36.4 Å². The summed E-state index contributed by atoms with van der Waals surface area (Å²) in [5, 5.41) is 10.7. The van der Waals surface area contributed by atoms with E-state index in [9.17, 15) is 14.9 Å². The Morgan fingerprint density at radius 1 is 1.57 bits per heavy atom. The van der Waals surface area contributed by atoms with Gasteiger partial charge in [0.1, 0.15) is 5.56 Å². The smallest absolute Gasteiger partial charge is 0.282 e. The van der Waals surface area contributed by atoms with Gasteiger partial charge in [-0.1, -0.05) is 11.6 Å². The molecule has 0 atom stereocenters. The first kappa shape index (κ1) is 11.4. The van der Waals surface area contributed by atoms with Crippen molar-refractivity contribution in [2.24, 2.45) is 0 Å². The average molecular weight is 325 g/mol. The molecule has 1 aromatic rings. The Hall–Kier alpha value is -0.690. The SMILES string of the molecule is CC(=O)c1c(Cl)cc(I)cc1[N+](=O)[O-]. The van der Waals surface area contributed by atoms with E-state index < -0.39 is 10.7 Å². The molecule has 0 amide bonds. The Morgan fingerprint density at radius 2 is 2.14 bits per heavy atom. The van der Waals surface area contributed by atoms with Crippen LogP contribution in [0.25, 0.3) is 0 Å². The third-order valence-corrected chi connectivity index (χ3v) is 2.50. The van der Waals surface area contributed by atoms with E-state index in [1.54, 1.807) is 0 Å². The summed E-state index contributed by atoms with van der Waals surface area (Å²) in [6.45, 7) is 1.25. The fourth-order valence-corrected chi connectivity index (χ4v) is 2.19. The minimum Gasteiger partial charge on any atom is -0.294 e. The van der Waals surface area contributed by atoms with Crippen molar-refractivity contribution in [2.75, 3.05) is 0 Å². The number of Topliss-reactive ketones (excluding diaryl/α,β-unsaturated/α-hetero) is 1. The summed E-state index contributed by atoms with van der Waals surface area (Å²) in [5.41, 5.74) is -0.272. The number of carbonyl (C=O) groups excluding carboxylic acids is 1. The first-order chi connectivity index (χ1) is 6.43. The minimum absolute atomic E-state index is 0.0305. The van der Waals surface area contributed by atoms with Crippen LogP contribution in [-0.2, 0) is 0 Å². The molecule has 1 aromatic carbocycles. The normalized spacial score (nSPS) is 9.93. The quantitative estimate of drug-likeness (QED) is 0.363. The summed E-state index contributed by atoms with van der Waals surface area (Å²) in [5.74, 6) is -0.405. The second-order valence-electron chi connectivity index (χ2n) is 2.60. The lowest BCUT2D eigenvalue weighted by Gasteiger charge is -2.02. The Kier molecular flexibility index (Phi) is 3.43. The van der Waals surface area contributed by atoms with Gasteiger partial charge in [-0.3, -0.25) is 14.9 Å². The van der Waals surface area contributed by atoms with Crippen molar-refractivity contribution < 1.29 is 9.72 Å². The van der Waals surface area contributed by atoms with Crippen LogP contribution in [-0.4, -0.2) is 10.7 Å². The predicted octanol–water partition coefficient (Wildman–Crippen LogP) is 3.06. The minimum atomic E-state index is -0.606. The zero-order valence-corrected chi connectivity index (χ0v) is 10.00. The molecule has 0 bridgehead atoms. The van der Waals surface area contributed by atoms with Crippen molar-refractivity contribution in [1.82, 2.24) is 0 Å². The van der Waals surface area contributed by atoms with E-state index in [-0.39, 0.29) is 16.3 Å². The van der Waals surface area contributed by atoms with E-state index in [0.717, 1.165) is 0 Å². The van der Waals surface area contributed by atoms with Crippen molar-refractivity contribution in [3.8, 4) is 0 Å². The summed E-state index contributed by atoms with van der Waals surface area (Å²) in [6.07, 6.45) is 0. The van der Waals surface area contributed by atoms with E-state index in [4.69, 9.17) is 11.6 Å². The number of nitro benzene ring substituents is 1. The molecular weight excluding hydrogens is 320 g/mol. The predicted molar refractivity (Wildman–Crippen MR) is 60.8 cm³/mol. The first-order valence-corrected chi connectivity index (χ1v) is 5.03. The molecule has 74 valence electrons. The number of ketones is 1. The molecule has 0 radical (unpaired) electrons. The van der Waals surface area contributed by atoms with E-state index in [1.807, 2.05) is 22.6 Å². The number of nitro groups is 1. The molecule has 0 saturated heterocycles. The maximum absolute atomic E-state index is 11.1. The standard InChI is InChI=1S/C8H5ClINO3/c1-4(12)8-6(9)2-5(10)3-7(8)11(13)14/h2-3H,1H3. The van der Waals surface area contributed by atoms with Crippen molar-refractivity contribution >= 4 is 45.7 Å². The van der Waals surface area contributed by atoms with Crippen molar-refractivity contribution in [1.29, 1.82) is 0 Å². The number of rotatable bonds is 2. The molecule has 14 heavy (non-hydrogen) atoms.